The highest BCUT2D eigenvalue weighted by Crippen LogP contribution is 2.10. The zero-order valence-electron chi connectivity index (χ0n) is 17.0. The van der Waals surface area contributed by atoms with Crippen LogP contribution in [0.3, 0.4) is 0 Å². The Balaban J connectivity index is 1.81. The minimum Gasteiger partial charge on any atom is -0.203 e. The summed E-state index contributed by atoms with van der Waals surface area (Å²) in [5.74, 6) is 0. The first-order valence-corrected chi connectivity index (χ1v) is 10.9. The average Bonchev–Trinajstić information content (AvgIpc) is 2.63. The van der Waals surface area contributed by atoms with Crippen LogP contribution in [0.2, 0.25) is 0 Å². The molecular formula is C24H42N+. The van der Waals surface area contributed by atoms with Gasteiger partial charge in [0.1, 0.15) is 6.54 Å². The van der Waals surface area contributed by atoms with E-state index in [-0.39, 0.29) is 0 Å². The number of aromatic nitrogens is 1. The second-order valence-electron chi connectivity index (χ2n) is 7.47. The minimum atomic E-state index is 1.17. The summed E-state index contributed by atoms with van der Waals surface area (Å²) in [6.07, 6.45) is 26.3. The van der Waals surface area contributed by atoms with Crippen LogP contribution in [-0.4, -0.2) is 0 Å². The number of nitrogens with zero attached hydrogens (tertiary/aromatic N) is 1. The monoisotopic (exact) mass is 344 g/mol. The summed E-state index contributed by atoms with van der Waals surface area (Å²) < 4.78 is 2.37. The summed E-state index contributed by atoms with van der Waals surface area (Å²) in [5.41, 5.74) is 1.37. The molecule has 0 aliphatic heterocycles. The van der Waals surface area contributed by atoms with Crippen molar-refractivity contribution in [1.82, 2.24) is 0 Å². The van der Waals surface area contributed by atoms with E-state index in [9.17, 15) is 0 Å². The van der Waals surface area contributed by atoms with Crippen molar-refractivity contribution < 1.29 is 4.57 Å². The molecular weight excluding hydrogens is 302 g/mol. The van der Waals surface area contributed by atoms with E-state index in [4.69, 9.17) is 0 Å². The zero-order chi connectivity index (χ0) is 18.0. The van der Waals surface area contributed by atoms with Crippen LogP contribution in [0.4, 0.5) is 0 Å². The molecule has 0 radical (unpaired) electrons. The molecule has 0 aliphatic rings. The third-order valence-corrected chi connectivity index (χ3v) is 5.08. The summed E-state index contributed by atoms with van der Waals surface area (Å²) in [6, 6.07) is 6.45. The van der Waals surface area contributed by atoms with Crippen LogP contribution in [0, 0.1) is 6.92 Å². The van der Waals surface area contributed by atoms with Gasteiger partial charge in [0.05, 0.1) is 0 Å². The maximum atomic E-state index is 2.42. The summed E-state index contributed by atoms with van der Waals surface area (Å²) in [4.78, 5) is 0. The SMILES string of the molecule is CCCCCCCC/C=C\CCCCCCCC[n+]1ccccc1C. The normalized spacial score (nSPS) is 11.4. The third kappa shape index (κ3) is 12.8. The Morgan fingerprint density at radius 1 is 0.720 bits per heavy atom. The van der Waals surface area contributed by atoms with Crippen molar-refractivity contribution in [2.24, 2.45) is 0 Å². The van der Waals surface area contributed by atoms with Crippen molar-refractivity contribution in [2.75, 3.05) is 0 Å². The van der Waals surface area contributed by atoms with Gasteiger partial charge in [0.2, 0.25) is 0 Å². The van der Waals surface area contributed by atoms with Crippen LogP contribution in [-0.2, 0) is 6.54 Å². The van der Waals surface area contributed by atoms with Gasteiger partial charge in [-0.25, -0.2) is 4.57 Å². The van der Waals surface area contributed by atoms with Gasteiger partial charge < -0.3 is 0 Å². The van der Waals surface area contributed by atoms with Crippen molar-refractivity contribution >= 4 is 0 Å². The maximum absolute atomic E-state index is 2.42. The lowest BCUT2D eigenvalue weighted by atomic mass is 10.1. The van der Waals surface area contributed by atoms with Gasteiger partial charge in [0.15, 0.2) is 11.9 Å². The fraction of sp³-hybridized carbons (Fsp3) is 0.708. The van der Waals surface area contributed by atoms with Crippen LogP contribution < -0.4 is 4.57 Å². The van der Waals surface area contributed by atoms with E-state index in [1.165, 1.54) is 102 Å². The van der Waals surface area contributed by atoms with Gasteiger partial charge in [-0.3, -0.25) is 0 Å². The van der Waals surface area contributed by atoms with Gasteiger partial charge in [-0.15, -0.1) is 0 Å². The molecule has 0 amide bonds. The highest BCUT2D eigenvalue weighted by molar-refractivity contribution is 4.93. The Morgan fingerprint density at radius 3 is 1.88 bits per heavy atom. The first-order valence-electron chi connectivity index (χ1n) is 10.9. The molecule has 0 bridgehead atoms. The molecule has 0 saturated carbocycles. The van der Waals surface area contributed by atoms with E-state index in [0.717, 1.165) is 0 Å². The number of hydrogen-bond donors (Lipinski definition) is 0. The molecule has 0 aliphatic carbocycles. The lowest BCUT2D eigenvalue weighted by Crippen LogP contribution is -2.36. The van der Waals surface area contributed by atoms with Crippen molar-refractivity contribution in [1.29, 1.82) is 0 Å². The first-order chi connectivity index (χ1) is 12.3. The van der Waals surface area contributed by atoms with Crippen molar-refractivity contribution in [3.05, 3.63) is 42.2 Å². The third-order valence-electron chi connectivity index (χ3n) is 5.08. The molecule has 0 saturated heterocycles. The number of rotatable bonds is 16. The van der Waals surface area contributed by atoms with Gasteiger partial charge in [0, 0.05) is 25.5 Å². The van der Waals surface area contributed by atoms with Crippen molar-refractivity contribution in [3.63, 3.8) is 0 Å². The van der Waals surface area contributed by atoms with Crippen LogP contribution in [0.25, 0.3) is 0 Å². The zero-order valence-corrected chi connectivity index (χ0v) is 17.0. The molecule has 1 aromatic heterocycles. The van der Waals surface area contributed by atoms with E-state index in [0.29, 0.717) is 0 Å². The summed E-state index contributed by atoms with van der Waals surface area (Å²) in [7, 11) is 0. The Kier molecular flexibility index (Phi) is 14.4. The molecule has 1 rings (SSSR count). The molecule has 1 heterocycles. The molecule has 0 N–H and O–H groups in total. The van der Waals surface area contributed by atoms with E-state index >= 15 is 0 Å². The fourth-order valence-electron chi connectivity index (χ4n) is 3.34. The highest BCUT2D eigenvalue weighted by atomic mass is 14.9. The van der Waals surface area contributed by atoms with Crippen molar-refractivity contribution in [3.8, 4) is 0 Å². The number of unbranched alkanes of at least 4 members (excludes halogenated alkanes) is 12. The first kappa shape index (κ1) is 21.9. The number of allylic oxidation sites excluding steroid dienone is 2. The lowest BCUT2D eigenvalue weighted by Gasteiger charge is -2.01. The molecule has 0 unspecified atom stereocenters. The lowest BCUT2D eigenvalue weighted by molar-refractivity contribution is -0.703. The molecule has 0 atom stereocenters. The molecule has 25 heavy (non-hydrogen) atoms. The Labute approximate surface area is 157 Å². The molecule has 0 spiro atoms. The molecule has 0 aromatic carbocycles. The summed E-state index contributed by atoms with van der Waals surface area (Å²) in [6.45, 7) is 5.65. The summed E-state index contributed by atoms with van der Waals surface area (Å²) in [5, 5.41) is 0. The molecule has 1 aromatic rings. The van der Waals surface area contributed by atoms with E-state index in [1.54, 1.807) is 0 Å². The van der Waals surface area contributed by atoms with Gasteiger partial charge in [-0.2, -0.15) is 0 Å². The van der Waals surface area contributed by atoms with Crippen LogP contribution in [0.5, 0.6) is 0 Å². The van der Waals surface area contributed by atoms with E-state index < -0.39 is 0 Å². The van der Waals surface area contributed by atoms with Crippen LogP contribution in [0.1, 0.15) is 103 Å². The largest absolute Gasteiger partial charge is 0.203 e. The Hall–Kier alpha value is -1.11. The fourth-order valence-corrected chi connectivity index (χ4v) is 3.34. The number of hydrogen-bond acceptors (Lipinski definition) is 0. The smallest absolute Gasteiger partial charge is 0.178 e. The quantitative estimate of drug-likeness (QED) is 0.168. The number of pyridine rings is 1. The average molecular weight is 345 g/mol. The Morgan fingerprint density at radius 2 is 1.28 bits per heavy atom. The second-order valence-corrected chi connectivity index (χ2v) is 7.47. The molecule has 0 fully saturated rings. The van der Waals surface area contributed by atoms with Crippen LogP contribution >= 0.6 is 0 Å². The molecule has 142 valence electrons. The highest BCUT2D eigenvalue weighted by Gasteiger charge is 2.02. The van der Waals surface area contributed by atoms with Gasteiger partial charge in [0.25, 0.3) is 0 Å². The van der Waals surface area contributed by atoms with Gasteiger partial charge in [-0.05, 0) is 32.1 Å². The Bertz CT molecular complexity index is 435. The number of aryl methyl sites for hydroxylation is 2. The van der Waals surface area contributed by atoms with E-state index in [1.807, 2.05) is 0 Å². The standard InChI is InChI=1S/C24H42N/c1-3-4-5-6-7-8-9-10-11-12-13-14-15-16-17-19-22-25-23-20-18-21-24(25)2/h10-11,18,20-21,23H,3-9,12-17,19,22H2,1-2H3/q+1/b11-10-. The van der Waals surface area contributed by atoms with Crippen molar-refractivity contribution in [2.45, 2.75) is 110 Å². The maximum Gasteiger partial charge on any atom is 0.178 e. The van der Waals surface area contributed by atoms with Gasteiger partial charge in [-0.1, -0.05) is 76.5 Å². The predicted molar refractivity (Wildman–Crippen MR) is 111 cm³/mol. The molecule has 1 nitrogen and oxygen atoms in total. The van der Waals surface area contributed by atoms with Gasteiger partial charge >= 0.3 is 0 Å². The van der Waals surface area contributed by atoms with E-state index in [2.05, 4.69) is 55.0 Å². The minimum absolute atomic E-state index is 1.17. The summed E-state index contributed by atoms with van der Waals surface area (Å²) >= 11 is 0. The second kappa shape index (κ2) is 16.4. The molecule has 1 heteroatoms. The topological polar surface area (TPSA) is 3.88 Å². The van der Waals surface area contributed by atoms with Crippen LogP contribution in [0.15, 0.2) is 36.5 Å². The predicted octanol–water partition coefficient (Wildman–Crippen LogP) is 7.32.